The molecule has 0 aliphatic carbocycles. The molecule has 10 heteroatoms. The highest BCUT2D eigenvalue weighted by atomic mass is 16.5. The van der Waals surface area contributed by atoms with Gasteiger partial charge in [0, 0.05) is 49.1 Å². The summed E-state index contributed by atoms with van der Waals surface area (Å²) in [6.07, 6.45) is 3.33. The number of hydrogen-bond donors (Lipinski definition) is 2. The van der Waals surface area contributed by atoms with Gasteiger partial charge in [0.25, 0.3) is 0 Å². The number of morpholine rings is 1. The summed E-state index contributed by atoms with van der Waals surface area (Å²) >= 11 is 0. The van der Waals surface area contributed by atoms with E-state index in [1.807, 2.05) is 36.4 Å². The molecule has 2 N–H and O–H groups in total. The second-order valence-electron chi connectivity index (χ2n) is 8.75. The average Bonchev–Trinajstić information content (AvgIpc) is 2.94. The van der Waals surface area contributed by atoms with Crippen LogP contribution < -0.4 is 15.4 Å². The Bertz CT molecular complexity index is 1280. The molecule has 3 aromatic rings. The van der Waals surface area contributed by atoms with Crippen LogP contribution in [0.4, 0.5) is 22.1 Å². The highest BCUT2D eigenvalue weighted by Crippen LogP contribution is 2.28. The van der Waals surface area contributed by atoms with Crippen molar-refractivity contribution in [3.8, 4) is 23.1 Å². The van der Waals surface area contributed by atoms with E-state index in [1.54, 1.807) is 23.2 Å². The molecule has 190 valence electrons. The minimum atomic E-state index is -0.156. The number of amides is 2. The highest BCUT2D eigenvalue weighted by molar-refractivity contribution is 5.90. The number of urea groups is 1. The maximum Gasteiger partial charge on any atom is 0.322 e. The van der Waals surface area contributed by atoms with Crippen molar-refractivity contribution in [1.29, 1.82) is 5.26 Å². The SMILES string of the molecule is N#Cc1cc(-c2ccnc(Nc3cccc(NC(=O)N4CCOCC4)c3)n2)ccc1OC1CCOCC1. The summed E-state index contributed by atoms with van der Waals surface area (Å²) in [5, 5.41) is 15.8. The van der Waals surface area contributed by atoms with Gasteiger partial charge in [-0.3, -0.25) is 0 Å². The van der Waals surface area contributed by atoms with Gasteiger partial charge >= 0.3 is 6.03 Å². The normalized spacial score (nSPS) is 16.0. The van der Waals surface area contributed by atoms with Gasteiger partial charge in [0.2, 0.25) is 5.95 Å². The molecule has 37 heavy (non-hydrogen) atoms. The van der Waals surface area contributed by atoms with Crippen molar-refractivity contribution in [2.24, 2.45) is 0 Å². The molecule has 1 aromatic heterocycles. The number of nitrogens with zero attached hydrogens (tertiary/aromatic N) is 4. The van der Waals surface area contributed by atoms with Crippen molar-refractivity contribution in [3.63, 3.8) is 0 Å². The van der Waals surface area contributed by atoms with Gasteiger partial charge in [-0.15, -0.1) is 0 Å². The first-order valence-corrected chi connectivity index (χ1v) is 12.3. The summed E-state index contributed by atoms with van der Waals surface area (Å²) in [5.74, 6) is 0.969. The van der Waals surface area contributed by atoms with Crippen LogP contribution in [0.25, 0.3) is 11.3 Å². The largest absolute Gasteiger partial charge is 0.489 e. The number of benzene rings is 2. The smallest absolute Gasteiger partial charge is 0.322 e. The molecule has 3 heterocycles. The third-order valence-electron chi connectivity index (χ3n) is 6.18. The first kappa shape index (κ1) is 24.5. The highest BCUT2D eigenvalue weighted by Gasteiger charge is 2.18. The Morgan fingerprint density at radius 3 is 2.62 bits per heavy atom. The van der Waals surface area contributed by atoms with Crippen molar-refractivity contribution in [1.82, 2.24) is 14.9 Å². The average molecular weight is 501 g/mol. The van der Waals surface area contributed by atoms with E-state index in [2.05, 4.69) is 26.7 Å². The van der Waals surface area contributed by atoms with Crippen LogP contribution in [0.1, 0.15) is 18.4 Å². The molecule has 2 saturated heterocycles. The predicted octanol–water partition coefficient (Wildman–Crippen LogP) is 4.18. The van der Waals surface area contributed by atoms with Crippen molar-refractivity contribution in [3.05, 3.63) is 60.3 Å². The molecule has 0 bridgehead atoms. The fraction of sp³-hybridized carbons (Fsp3) is 0.333. The van der Waals surface area contributed by atoms with E-state index in [-0.39, 0.29) is 12.1 Å². The molecule has 2 aliphatic rings. The van der Waals surface area contributed by atoms with Gasteiger partial charge in [-0.2, -0.15) is 5.26 Å². The monoisotopic (exact) mass is 500 g/mol. The van der Waals surface area contributed by atoms with Crippen molar-refractivity contribution in [2.75, 3.05) is 50.2 Å². The number of anilines is 3. The van der Waals surface area contributed by atoms with E-state index >= 15 is 0 Å². The summed E-state index contributed by atoms with van der Waals surface area (Å²) < 4.78 is 16.7. The molecule has 2 aromatic carbocycles. The predicted molar refractivity (Wildman–Crippen MR) is 138 cm³/mol. The Hall–Kier alpha value is -4.20. The molecule has 0 saturated carbocycles. The van der Waals surface area contributed by atoms with Gasteiger partial charge in [-0.1, -0.05) is 6.07 Å². The quantitative estimate of drug-likeness (QED) is 0.517. The van der Waals surface area contributed by atoms with E-state index in [1.165, 1.54) is 0 Å². The third-order valence-corrected chi connectivity index (χ3v) is 6.18. The van der Waals surface area contributed by atoms with Crippen LogP contribution in [0.5, 0.6) is 5.75 Å². The Balaban J connectivity index is 1.27. The van der Waals surface area contributed by atoms with Crippen LogP contribution in [-0.2, 0) is 9.47 Å². The van der Waals surface area contributed by atoms with Crippen LogP contribution in [0.2, 0.25) is 0 Å². The first-order chi connectivity index (χ1) is 18.2. The molecule has 2 fully saturated rings. The lowest BCUT2D eigenvalue weighted by molar-refractivity contribution is 0.0254. The third kappa shape index (κ3) is 6.33. The minimum Gasteiger partial charge on any atom is -0.489 e. The second kappa shape index (κ2) is 11.7. The van der Waals surface area contributed by atoms with E-state index in [0.717, 1.165) is 24.1 Å². The van der Waals surface area contributed by atoms with Crippen molar-refractivity contribution < 1.29 is 19.0 Å². The van der Waals surface area contributed by atoms with Crippen molar-refractivity contribution >= 4 is 23.4 Å². The number of hydrogen-bond acceptors (Lipinski definition) is 8. The molecule has 0 atom stereocenters. The molecular formula is C27H28N6O4. The lowest BCUT2D eigenvalue weighted by Crippen LogP contribution is -2.43. The van der Waals surface area contributed by atoms with E-state index in [0.29, 0.717) is 68.2 Å². The van der Waals surface area contributed by atoms with Gasteiger partial charge < -0.3 is 29.7 Å². The zero-order chi connectivity index (χ0) is 25.5. The Kier molecular flexibility index (Phi) is 7.74. The number of aromatic nitrogens is 2. The lowest BCUT2D eigenvalue weighted by atomic mass is 10.1. The number of ether oxygens (including phenoxy) is 3. The molecular weight excluding hydrogens is 472 g/mol. The minimum absolute atomic E-state index is 0.0518. The Morgan fingerprint density at radius 2 is 1.81 bits per heavy atom. The van der Waals surface area contributed by atoms with Crippen molar-refractivity contribution in [2.45, 2.75) is 18.9 Å². The van der Waals surface area contributed by atoms with Gasteiger partial charge in [0.05, 0.1) is 37.7 Å². The van der Waals surface area contributed by atoms with E-state index in [4.69, 9.17) is 14.2 Å². The lowest BCUT2D eigenvalue weighted by Gasteiger charge is -2.27. The number of nitriles is 1. The number of rotatable bonds is 6. The molecule has 10 nitrogen and oxygen atoms in total. The molecule has 2 aliphatic heterocycles. The zero-order valence-electron chi connectivity index (χ0n) is 20.4. The van der Waals surface area contributed by atoms with Gasteiger partial charge in [-0.05, 0) is 42.5 Å². The van der Waals surface area contributed by atoms with Crippen LogP contribution in [0.15, 0.2) is 54.7 Å². The summed E-state index contributed by atoms with van der Waals surface area (Å²) in [6, 6.07) is 16.7. The van der Waals surface area contributed by atoms with Crippen LogP contribution >= 0.6 is 0 Å². The van der Waals surface area contributed by atoms with Crippen LogP contribution in [-0.4, -0.2) is 66.5 Å². The number of nitrogens with one attached hydrogen (secondary N) is 2. The number of carbonyl (C=O) groups is 1. The van der Waals surface area contributed by atoms with Crippen LogP contribution in [0.3, 0.4) is 0 Å². The summed E-state index contributed by atoms with van der Waals surface area (Å²) in [5.41, 5.74) is 3.31. The summed E-state index contributed by atoms with van der Waals surface area (Å²) in [6.45, 7) is 3.57. The Labute approximate surface area is 215 Å². The van der Waals surface area contributed by atoms with Gasteiger partial charge in [0.15, 0.2) is 0 Å². The molecule has 0 spiro atoms. The number of carbonyl (C=O) groups excluding carboxylic acids is 1. The maximum atomic E-state index is 12.5. The maximum absolute atomic E-state index is 12.5. The fourth-order valence-electron chi connectivity index (χ4n) is 4.21. The molecule has 0 unspecified atom stereocenters. The van der Waals surface area contributed by atoms with E-state index < -0.39 is 0 Å². The van der Waals surface area contributed by atoms with Crippen LogP contribution in [0, 0.1) is 11.3 Å². The summed E-state index contributed by atoms with van der Waals surface area (Å²) in [7, 11) is 0. The molecule has 2 amide bonds. The van der Waals surface area contributed by atoms with E-state index in [9.17, 15) is 10.1 Å². The Morgan fingerprint density at radius 1 is 1.03 bits per heavy atom. The zero-order valence-corrected chi connectivity index (χ0v) is 20.4. The van der Waals surface area contributed by atoms with Gasteiger partial charge in [0.1, 0.15) is 17.9 Å². The van der Waals surface area contributed by atoms with Gasteiger partial charge in [-0.25, -0.2) is 14.8 Å². The molecule has 5 rings (SSSR count). The topological polar surface area (TPSA) is 122 Å². The fourth-order valence-corrected chi connectivity index (χ4v) is 4.21. The second-order valence-corrected chi connectivity index (χ2v) is 8.75. The first-order valence-electron chi connectivity index (χ1n) is 12.3. The molecule has 0 radical (unpaired) electrons. The summed E-state index contributed by atoms with van der Waals surface area (Å²) in [4.78, 5) is 23.2. The standard InChI is InChI=1S/C27H28N6O4/c28-18-20-16-19(4-5-25(20)37-23-7-12-35-13-8-23)24-6-9-29-26(32-24)30-21-2-1-3-22(17-21)31-27(34)33-10-14-36-15-11-33/h1-6,9,16-17,23H,7-8,10-15H2,(H,31,34)(H,29,30,32).